The largest absolute Gasteiger partial charge is 0.497 e. The van der Waals surface area contributed by atoms with Crippen molar-refractivity contribution in [2.45, 2.75) is 76.0 Å². The third kappa shape index (κ3) is 8.49. The molecule has 2 aromatic rings. The molecule has 0 radical (unpaired) electrons. The van der Waals surface area contributed by atoms with Crippen LogP contribution in [0.2, 0.25) is 0 Å². The average molecular weight is 608 g/mol. The van der Waals surface area contributed by atoms with Gasteiger partial charge in [-0.2, -0.15) is 0 Å². The molecule has 1 amide bonds. The van der Waals surface area contributed by atoms with Gasteiger partial charge in [-0.05, 0) is 43.0 Å². The maximum absolute atomic E-state index is 13.2. The topological polar surface area (TPSA) is 228 Å². The number of aromatic nitrogens is 2. The third-order valence-corrected chi connectivity index (χ3v) is 7.17. The Kier molecular flexibility index (Phi) is 12.0. The number of nitrogens with zero attached hydrogens (tertiary/aromatic N) is 2. The lowest BCUT2D eigenvalue weighted by atomic mass is 9.99. The zero-order chi connectivity index (χ0) is 31.8. The second kappa shape index (κ2) is 15.2. The summed E-state index contributed by atoms with van der Waals surface area (Å²) in [4.78, 5) is 49.7. The summed E-state index contributed by atoms with van der Waals surface area (Å²) >= 11 is 0. The Morgan fingerprint density at radius 3 is 2.37 bits per heavy atom. The molecule has 1 aliphatic rings. The summed E-state index contributed by atoms with van der Waals surface area (Å²) in [5.74, 6) is -0.937. The molecule has 15 nitrogen and oxygen atoms in total. The number of carbonyl (C=O) groups excluding carboxylic acids is 1. The van der Waals surface area contributed by atoms with Crippen LogP contribution in [-0.2, 0) is 20.9 Å². The second-order valence-corrected chi connectivity index (χ2v) is 10.9. The van der Waals surface area contributed by atoms with Crippen LogP contribution in [0, 0.1) is 5.92 Å². The minimum Gasteiger partial charge on any atom is -0.497 e. The van der Waals surface area contributed by atoms with E-state index < -0.39 is 59.9 Å². The number of hydrogen-bond donors (Lipinski definition) is 7. The highest BCUT2D eigenvalue weighted by atomic mass is 16.6. The highest BCUT2D eigenvalue weighted by molar-refractivity contribution is 5.81. The predicted octanol–water partition coefficient (Wildman–Crippen LogP) is -2.03. The molecule has 15 heteroatoms. The summed E-state index contributed by atoms with van der Waals surface area (Å²) in [6, 6.07) is 5.50. The van der Waals surface area contributed by atoms with Gasteiger partial charge in [0.05, 0.1) is 19.7 Å². The maximum atomic E-state index is 13.2. The minimum absolute atomic E-state index is 0.0678. The van der Waals surface area contributed by atoms with Crippen molar-refractivity contribution in [1.29, 1.82) is 0 Å². The first kappa shape index (κ1) is 33.9. The summed E-state index contributed by atoms with van der Waals surface area (Å²) < 4.78 is 12.6. The molecule has 1 unspecified atom stereocenters. The van der Waals surface area contributed by atoms with Crippen molar-refractivity contribution >= 4 is 11.9 Å². The highest BCUT2D eigenvalue weighted by Crippen LogP contribution is 2.31. The van der Waals surface area contributed by atoms with E-state index in [-0.39, 0.29) is 31.5 Å². The van der Waals surface area contributed by atoms with E-state index in [1.165, 1.54) is 7.11 Å². The van der Waals surface area contributed by atoms with Crippen LogP contribution in [0.25, 0.3) is 0 Å². The lowest BCUT2D eigenvalue weighted by molar-refractivity contribution is -0.149. The number of rotatable bonds is 15. The summed E-state index contributed by atoms with van der Waals surface area (Å²) in [6.45, 7) is 4.06. The van der Waals surface area contributed by atoms with Gasteiger partial charge in [0, 0.05) is 18.8 Å². The van der Waals surface area contributed by atoms with Crippen LogP contribution in [-0.4, -0.2) is 98.1 Å². The van der Waals surface area contributed by atoms with Crippen molar-refractivity contribution in [3.63, 3.8) is 0 Å². The molecule has 2 heterocycles. The van der Waals surface area contributed by atoms with Crippen LogP contribution in [0.4, 0.5) is 0 Å². The smallest absolute Gasteiger partial charge is 0.333 e. The number of aliphatic hydroxyl groups is 3. The van der Waals surface area contributed by atoms with Gasteiger partial charge in [-0.1, -0.05) is 26.0 Å². The number of nitrogens with one attached hydrogen (secondary N) is 2. The predicted molar refractivity (Wildman–Crippen MR) is 153 cm³/mol. The number of carboxylic acids is 1. The Bertz CT molecular complexity index is 1340. The molecular formula is C28H41N5O10. The zero-order valence-corrected chi connectivity index (χ0v) is 24.3. The fraction of sp³-hybridized carbons (Fsp3) is 0.571. The molecule has 238 valence electrons. The van der Waals surface area contributed by atoms with Crippen molar-refractivity contribution in [1.82, 2.24) is 19.8 Å². The average Bonchev–Trinajstić information content (AvgIpc) is 3.25. The van der Waals surface area contributed by atoms with Gasteiger partial charge >= 0.3 is 11.7 Å². The molecule has 0 saturated carbocycles. The lowest BCUT2D eigenvalue weighted by Crippen LogP contribution is -2.54. The highest BCUT2D eigenvalue weighted by Gasteiger charge is 2.50. The fourth-order valence-electron chi connectivity index (χ4n) is 4.83. The van der Waals surface area contributed by atoms with E-state index in [0.717, 1.165) is 21.4 Å². The van der Waals surface area contributed by atoms with Crippen molar-refractivity contribution in [2.75, 3.05) is 20.2 Å². The molecule has 1 fully saturated rings. The number of amides is 1. The summed E-state index contributed by atoms with van der Waals surface area (Å²) in [7, 11) is 1.50. The zero-order valence-electron chi connectivity index (χ0n) is 24.3. The summed E-state index contributed by atoms with van der Waals surface area (Å²) in [5.41, 5.74) is 4.99. The van der Waals surface area contributed by atoms with Crippen molar-refractivity contribution in [2.24, 2.45) is 11.7 Å². The maximum Gasteiger partial charge on any atom is 0.333 e. The van der Waals surface area contributed by atoms with Crippen LogP contribution in [0.15, 0.2) is 46.1 Å². The van der Waals surface area contributed by atoms with Gasteiger partial charge < -0.3 is 46.3 Å². The van der Waals surface area contributed by atoms with E-state index in [0.29, 0.717) is 24.2 Å². The molecule has 1 aromatic heterocycles. The van der Waals surface area contributed by atoms with Crippen LogP contribution in [0.3, 0.4) is 0 Å². The van der Waals surface area contributed by atoms with Gasteiger partial charge in [-0.15, -0.1) is 0 Å². The summed E-state index contributed by atoms with van der Waals surface area (Å²) in [6.07, 6.45) is -6.55. The Hall–Kier alpha value is -3.60. The molecule has 1 saturated heterocycles. The molecule has 43 heavy (non-hydrogen) atoms. The second-order valence-electron chi connectivity index (χ2n) is 10.9. The number of hydrogen-bond acceptors (Lipinski definition) is 11. The lowest BCUT2D eigenvalue weighted by Gasteiger charge is -2.27. The molecule has 0 bridgehead atoms. The van der Waals surface area contributed by atoms with E-state index in [9.17, 15) is 39.6 Å². The van der Waals surface area contributed by atoms with Gasteiger partial charge in [0.1, 0.15) is 36.2 Å². The first-order valence-corrected chi connectivity index (χ1v) is 14.0. The standard InChI is InChI=1S/C28H41N5O10/c1-15(2)13-18(29)25(38)31-11-4-10-30-20(27(39)40)21(35)24-22(36)23(37)26(43-24)32-12-9-19(34)33(28(32)41)14-16-5-7-17(42-3)8-6-16/h5-9,12,15,18,20-24,26,30,35-37H,4,10-11,13-14,29H2,1-3H3,(H,31,38)(H,39,40)/t18-,20-,21+,22-,23+,24?,26+/m0/s1. The summed E-state index contributed by atoms with van der Waals surface area (Å²) in [5, 5.41) is 47.3. The number of benzene rings is 1. The third-order valence-electron chi connectivity index (χ3n) is 7.17. The molecule has 1 aliphatic heterocycles. The molecule has 3 rings (SSSR count). The van der Waals surface area contributed by atoms with E-state index >= 15 is 0 Å². The first-order valence-electron chi connectivity index (χ1n) is 14.0. The van der Waals surface area contributed by atoms with Crippen LogP contribution in [0.1, 0.15) is 38.5 Å². The number of aliphatic carboxylic acids is 1. The molecule has 7 atom stereocenters. The normalized spacial score (nSPS) is 22.2. The number of nitrogens with two attached hydrogens (primary N) is 1. The van der Waals surface area contributed by atoms with Crippen LogP contribution < -0.4 is 32.4 Å². The fourth-order valence-corrected chi connectivity index (χ4v) is 4.83. The van der Waals surface area contributed by atoms with Gasteiger partial charge in [0.15, 0.2) is 6.23 Å². The monoisotopic (exact) mass is 607 g/mol. The van der Waals surface area contributed by atoms with Crippen molar-refractivity contribution < 1.29 is 39.5 Å². The molecule has 1 aromatic carbocycles. The molecule has 8 N–H and O–H groups in total. The molecular weight excluding hydrogens is 566 g/mol. The number of aliphatic hydroxyl groups excluding tert-OH is 3. The Morgan fingerprint density at radius 2 is 1.77 bits per heavy atom. The number of ether oxygens (including phenoxy) is 2. The first-order chi connectivity index (χ1) is 20.3. The SMILES string of the molecule is COc1ccc(Cn2c(=O)ccn([C@@H]3OC([C@H](O)[C@H](NCCCNC(=O)[C@@H](N)CC(C)C)C(=O)O)[C@@H](O)[C@H]3O)c2=O)cc1. The Balaban J connectivity index is 1.67. The van der Waals surface area contributed by atoms with Crippen LogP contribution in [0.5, 0.6) is 5.75 Å². The van der Waals surface area contributed by atoms with Gasteiger partial charge in [0.2, 0.25) is 5.91 Å². The Morgan fingerprint density at radius 1 is 1.09 bits per heavy atom. The number of methoxy groups -OCH3 is 1. The van der Waals surface area contributed by atoms with Crippen LogP contribution >= 0.6 is 0 Å². The van der Waals surface area contributed by atoms with E-state index in [2.05, 4.69) is 10.6 Å². The van der Waals surface area contributed by atoms with Crippen molar-refractivity contribution in [3.8, 4) is 5.75 Å². The van der Waals surface area contributed by atoms with E-state index in [1.807, 2.05) is 13.8 Å². The molecule has 0 spiro atoms. The van der Waals surface area contributed by atoms with Gasteiger partial charge in [0.25, 0.3) is 5.56 Å². The quantitative estimate of drug-likeness (QED) is 0.109. The number of carboxylic acid groups (broad SMARTS) is 1. The molecule has 0 aliphatic carbocycles. The van der Waals surface area contributed by atoms with E-state index in [4.69, 9.17) is 15.2 Å². The minimum atomic E-state index is -1.85. The van der Waals surface area contributed by atoms with Gasteiger partial charge in [-0.25, -0.2) is 4.79 Å². The number of carbonyl (C=O) groups is 2. The van der Waals surface area contributed by atoms with Crippen molar-refractivity contribution in [3.05, 3.63) is 62.9 Å². The van der Waals surface area contributed by atoms with Gasteiger partial charge in [-0.3, -0.25) is 23.5 Å². The Labute approximate surface area is 247 Å². The van der Waals surface area contributed by atoms with E-state index in [1.54, 1.807) is 24.3 Å².